The molecule has 4 nitrogen and oxygen atoms in total. The lowest BCUT2D eigenvalue weighted by molar-refractivity contribution is 0.627. The normalized spacial score (nSPS) is 11.2. The average molecular weight is 254 g/mol. The lowest BCUT2D eigenvalue weighted by atomic mass is 10.2. The molecule has 0 fully saturated rings. The van der Waals surface area contributed by atoms with E-state index in [1.165, 1.54) is 18.3 Å². The van der Waals surface area contributed by atoms with E-state index in [0.717, 1.165) is 11.0 Å². The Morgan fingerprint density at radius 1 is 1.16 bits per heavy atom. The number of aromatic nitrogens is 2. The molecule has 2 N–H and O–H groups in total. The van der Waals surface area contributed by atoms with Gasteiger partial charge in [0.15, 0.2) is 0 Å². The Bertz CT molecular complexity index is 700. The maximum absolute atomic E-state index is 13.0. The van der Waals surface area contributed by atoms with Gasteiger partial charge >= 0.3 is 0 Å². The number of hydrogen-bond acceptors (Lipinski definition) is 3. The number of nitrogens with zero attached hydrogens (tertiary/aromatic N) is 2. The van der Waals surface area contributed by atoms with Gasteiger partial charge in [0.25, 0.3) is 0 Å². The molecule has 0 saturated heterocycles. The van der Waals surface area contributed by atoms with E-state index >= 15 is 0 Å². The minimum atomic E-state index is -0.285. The summed E-state index contributed by atoms with van der Waals surface area (Å²) in [4.78, 5) is 7.39. The van der Waals surface area contributed by atoms with E-state index in [2.05, 4.69) is 20.5 Å². The number of nitrogens with one attached hydrogen (secondary N) is 2. The van der Waals surface area contributed by atoms with Crippen LogP contribution in [-0.2, 0) is 0 Å². The van der Waals surface area contributed by atoms with Crippen LogP contribution in [0.3, 0.4) is 0 Å². The highest BCUT2D eigenvalue weighted by Crippen LogP contribution is 2.13. The van der Waals surface area contributed by atoms with Crippen molar-refractivity contribution in [3.63, 3.8) is 0 Å². The van der Waals surface area contributed by atoms with Gasteiger partial charge in [-0.25, -0.2) is 14.8 Å². The molecule has 0 unspecified atom stereocenters. The van der Waals surface area contributed by atoms with Gasteiger partial charge in [0.05, 0.1) is 17.2 Å². The zero-order valence-corrected chi connectivity index (χ0v) is 9.97. The molecule has 0 amide bonds. The SMILES string of the molecule is Fc1cccc(/C=N\Nc2nc3ccccc3[nH]2)c1. The number of benzene rings is 2. The van der Waals surface area contributed by atoms with E-state index in [4.69, 9.17) is 0 Å². The van der Waals surface area contributed by atoms with Crippen LogP contribution in [0, 0.1) is 5.82 Å². The number of hydrogen-bond donors (Lipinski definition) is 2. The number of H-pyrrole nitrogens is 1. The quantitative estimate of drug-likeness (QED) is 0.557. The van der Waals surface area contributed by atoms with Crippen molar-refractivity contribution in [2.24, 2.45) is 5.10 Å². The van der Waals surface area contributed by atoms with Crippen molar-refractivity contribution in [1.82, 2.24) is 9.97 Å². The average Bonchev–Trinajstić information content (AvgIpc) is 2.81. The maximum Gasteiger partial charge on any atom is 0.222 e. The summed E-state index contributed by atoms with van der Waals surface area (Å²) in [5.41, 5.74) is 5.27. The molecule has 2 aromatic carbocycles. The molecule has 3 rings (SSSR count). The lowest BCUT2D eigenvalue weighted by Gasteiger charge is -1.94. The second kappa shape index (κ2) is 4.89. The molecular weight excluding hydrogens is 243 g/mol. The molecule has 0 bridgehead atoms. The van der Waals surface area contributed by atoms with E-state index in [1.807, 2.05) is 24.3 Å². The van der Waals surface area contributed by atoms with Gasteiger partial charge in [-0.2, -0.15) is 5.10 Å². The minimum absolute atomic E-state index is 0.285. The number of aromatic amines is 1. The number of hydrazone groups is 1. The van der Waals surface area contributed by atoms with Crippen LogP contribution in [0.5, 0.6) is 0 Å². The van der Waals surface area contributed by atoms with Gasteiger partial charge in [0.1, 0.15) is 5.82 Å². The highest BCUT2D eigenvalue weighted by molar-refractivity contribution is 5.80. The standard InChI is InChI=1S/C14H11FN4/c15-11-5-3-4-10(8-11)9-16-19-14-17-12-6-1-2-7-13(12)18-14/h1-9H,(H2,17,18,19)/b16-9-. The summed E-state index contributed by atoms with van der Waals surface area (Å²) >= 11 is 0. The van der Waals surface area contributed by atoms with E-state index in [1.54, 1.807) is 12.1 Å². The van der Waals surface area contributed by atoms with Crippen LogP contribution in [0.15, 0.2) is 53.6 Å². The first kappa shape index (κ1) is 11.4. The topological polar surface area (TPSA) is 53.1 Å². The Hall–Kier alpha value is -2.69. The van der Waals surface area contributed by atoms with E-state index in [9.17, 15) is 4.39 Å². The Kier molecular flexibility index (Phi) is 2.94. The van der Waals surface area contributed by atoms with Crippen molar-refractivity contribution in [3.05, 3.63) is 59.9 Å². The van der Waals surface area contributed by atoms with Gasteiger partial charge in [0, 0.05) is 0 Å². The number of fused-ring (bicyclic) bond motifs is 1. The number of anilines is 1. The molecule has 1 aromatic heterocycles. The van der Waals surface area contributed by atoms with Crippen molar-refractivity contribution >= 4 is 23.2 Å². The van der Waals surface area contributed by atoms with Crippen LogP contribution in [0.4, 0.5) is 10.3 Å². The highest BCUT2D eigenvalue weighted by atomic mass is 19.1. The van der Waals surface area contributed by atoms with Crippen LogP contribution in [0.1, 0.15) is 5.56 Å². The Balaban J connectivity index is 1.75. The molecule has 0 saturated carbocycles. The third kappa shape index (κ3) is 2.60. The summed E-state index contributed by atoms with van der Waals surface area (Å²) in [6, 6.07) is 13.9. The highest BCUT2D eigenvalue weighted by Gasteiger charge is 1.99. The van der Waals surface area contributed by atoms with E-state index in [0.29, 0.717) is 11.5 Å². The second-order valence-electron chi connectivity index (χ2n) is 4.03. The molecule has 0 radical (unpaired) electrons. The van der Waals surface area contributed by atoms with Crippen molar-refractivity contribution in [2.45, 2.75) is 0 Å². The summed E-state index contributed by atoms with van der Waals surface area (Å²) < 4.78 is 13.0. The first-order chi connectivity index (χ1) is 9.31. The zero-order chi connectivity index (χ0) is 13.1. The smallest absolute Gasteiger partial charge is 0.222 e. The maximum atomic E-state index is 13.0. The van der Waals surface area contributed by atoms with Gasteiger partial charge in [-0.15, -0.1) is 0 Å². The Labute approximate surface area is 109 Å². The fourth-order valence-electron chi connectivity index (χ4n) is 1.76. The second-order valence-corrected chi connectivity index (χ2v) is 4.03. The number of para-hydroxylation sites is 2. The van der Waals surface area contributed by atoms with Crippen LogP contribution in [0.25, 0.3) is 11.0 Å². The molecule has 0 spiro atoms. The minimum Gasteiger partial charge on any atom is -0.323 e. The predicted octanol–water partition coefficient (Wildman–Crippen LogP) is 3.15. The van der Waals surface area contributed by atoms with E-state index in [-0.39, 0.29) is 5.82 Å². The fraction of sp³-hybridized carbons (Fsp3) is 0. The van der Waals surface area contributed by atoms with Crippen molar-refractivity contribution in [1.29, 1.82) is 0 Å². The largest absolute Gasteiger partial charge is 0.323 e. The lowest BCUT2D eigenvalue weighted by Crippen LogP contribution is -1.92. The summed E-state index contributed by atoms with van der Waals surface area (Å²) in [7, 11) is 0. The first-order valence-electron chi connectivity index (χ1n) is 5.81. The molecule has 0 aliphatic carbocycles. The predicted molar refractivity (Wildman–Crippen MR) is 73.7 cm³/mol. The van der Waals surface area contributed by atoms with Crippen LogP contribution < -0.4 is 5.43 Å². The van der Waals surface area contributed by atoms with Gasteiger partial charge < -0.3 is 4.98 Å². The number of imidazole rings is 1. The van der Waals surface area contributed by atoms with Crippen molar-refractivity contribution < 1.29 is 4.39 Å². The molecule has 0 aliphatic heterocycles. The molecule has 3 aromatic rings. The van der Waals surface area contributed by atoms with Gasteiger partial charge in [-0.05, 0) is 29.8 Å². The summed E-state index contributed by atoms with van der Waals surface area (Å²) in [6.07, 6.45) is 1.54. The summed E-state index contributed by atoms with van der Waals surface area (Å²) in [5, 5.41) is 4.01. The van der Waals surface area contributed by atoms with Crippen LogP contribution in [-0.4, -0.2) is 16.2 Å². The molecule has 5 heteroatoms. The summed E-state index contributed by atoms with van der Waals surface area (Å²) in [5.74, 6) is 0.265. The molecular formula is C14H11FN4. The third-order valence-corrected chi connectivity index (χ3v) is 2.62. The zero-order valence-electron chi connectivity index (χ0n) is 9.97. The molecule has 0 atom stereocenters. The molecule has 1 heterocycles. The van der Waals surface area contributed by atoms with Crippen molar-refractivity contribution in [2.75, 3.05) is 5.43 Å². The van der Waals surface area contributed by atoms with Crippen LogP contribution in [0.2, 0.25) is 0 Å². The van der Waals surface area contributed by atoms with Gasteiger partial charge in [-0.3, -0.25) is 0 Å². The van der Waals surface area contributed by atoms with Crippen molar-refractivity contribution in [3.8, 4) is 0 Å². The Morgan fingerprint density at radius 2 is 2.05 bits per heavy atom. The summed E-state index contributed by atoms with van der Waals surface area (Å²) in [6.45, 7) is 0. The number of halogens is 1. The van der Waals surface area contributed by atoms with Gasteiger partial charge in [0.2, 0.25) is 5.95 Å². The Morgan fingerprint density at radius 3 is 2.89 bits per heavy atom. The molecule has 94 valence electrons. The van der Waals surface area contributed by atoms with E-state index < -0.39 is 0 Å². The first-order valence-corrected chi connectivity index (χ1v) is 5.81. The molecule has 0 aliphatic rings. The monoisotopic (exact) mass is 254 g/mol. The fourth-order valence-corrected chi connectivity index (χ4v) is 1.76. The molecule has 19 heavy (non-hydrogen) atoms. The number of rotatable bonds is 3. The van der Waals surface area contributed by atoms with Gasteiger partial charge in [-0.1, -0.05) is 24.3 Å². The van der Waals surface area contributed by atoms with Crippen LogP contribution >= 0.6 is 0 Å². The third-order valence-electron chi connectivity index (χ3n) is 2.62.